The van der Waals surface area contributed by atoms with Crippen LogP contribution in [-0.2, 0) is 9.53 Å². The van der Waals surface area contributed by atoms with Crippen molar-refractivity contribution in [1.82, 2.24) is 9.97 Å². The van der Waals surface area contributed by atoms with E-state index >= 15 is 0 Å². The van der Waals surface area contributed by atoms with Gasteiger partial charge in [-0.2, -0.15) is 0 Å². The number of aromatic nitrogens is 2. The van der Waals surface area contributed by atoms with Gasteiger partial charge < -0.3 is 9.72 Å². The van der Waals surface area contributed by atoms with Crippen molar-refractivity contribution in [2.75, 3.05) is 0 Å². The topological polar surface area (TPSA) is 67.3 Å². The number of ether oxygens (including phenoxy) is 1. The standard InChI is InChI=1S/C18H12ClN3O2/c19-13-5-1-2-6-14(13)22-17-9-15(23)16(24-17)8-11-10-21-18-12(11)4-3-7-20-18/h1-8,10H,9H2,(H,20,21)/b16-8-,22-17?. The first-order valence-electron chi connectivity index (χ1n) is 7.37. The summed E-state index contributed by atoms with van der Waals surface area (Å²) < 4.78 is 5.62. The molecule has 3 aromatic rings. The molecule has 5 nitrogen and oxygen atoms in total. The van der Waals surface area contributed by atoms with Crippen LogP contribution in [0.5, 0.6) is 0 Å². The molecule has 3 heterocycles. The average Bonchev–Trinajstić information content (AvgIpc) is 3.14. The number of aliphatic imine (C=N–C) groups is 1. The minimum absolute atomic E-state index is 0.112. The van der Waals surface area contributed by atoms with E-state index in [9.17, 15) is 4.79 Å². The van der Waals surface area contributed by atoms with Crippen LogP contribution in [0.2, 0.25) is 5.02 Å². The Morgan fingerprint density at radius 3 is 3.00 bits per heavy atom. The third-order valence-corrected chi connectivity index (χ3v) is 4.00. The first kappa shape index (κ1) is 14.7. The molecule has 1 fully saturated rings. The Morgan fingerprint density at radius 1 is 1.25 bits per heavy atom. The number of carbonyl (C=O) groups excluding carboxylic acids is 1. The van der Waals surface area contributed by atoms with E-state index in [1.165, 1.54) is 0 Å². The third-order valence-electron chi connectivity index (χ3n) is 3.68. The van der Waals surface area contributed by atoms with E-state index < -0.39 is 0 Å². The molecule has 0 radical (unpaired) electrons. The van der Waals surface area contributed by atoms with Crippen molar-refractivity contribution in [3.8, 4) is 0 Å². The van der Waals surface area contributed by atoms with Crippen molar-refractivity contribution in [3.63, 3.8) is 0 Å². The molecule has 1 saturated heterocycles. The Hall–Kier alpha value is -2.92. The number of Topliss-reactive ketones (excluding diaryl/α,β-unsaturated/α-hetero) is 1. The third kappa shape index (κ3) is 2.70. The molecule has 0 saturated carbocycles. The summed E-state index contributed by atoms with van der Waals surface area (Å²) >= 11 is 6.08. The van der Waals surface area contributed by atoms with Gasteiger partial charge in [0.1, 0.15) is 5.65 Å². The number of benzene rings is 1. The molecule has 0 aliphatic carbocycles. The highest BCUT2D eigenvalue weighted by molar-refractivity contribution is 6.33. The molecular weight excluding hydrogens is 326 g/mol. The fraction of sp³-hybridized carbons (Fsp3) is 0.0556. The van der Waals surface area contributed by atoms with E-state index in [0.717, 1.165) is 16.6 Å². The summed E-state index contributed by atoms with van der Waals surface area (Å²) in [6.07, 6.45) is 5.33. The molecular formula is C18H12ClN3O2. The number of nitrogens with one attached hydrogen (secondary N) is 1. The van der Waals surface area contributed by atoms with E-state index in [2.05, 4.69) is 15.0 Å². The number of rotatable bonds is 2. The molecule has 24 heavy (non-hydrogen) atoms. The zero-order chi connectivity index (χ0) is 16.5. The van der Waals surface area contributed by atoms with Gasteiger partial charge in [0.05, 0.1) is 17.1 Å². The van der Waals surface area contributed by atoms with Crippen molar-refractivity contribution in [2.45, 2.75) is 6.42 Å². The number of nitrogens with zero attached hydrogens (tertiary/aromatic N) is 2. The van der Waals surface area contributed by atoms with Crippen molar-refractivity contribution in [1.29, 1.82) is 0 Å². The second-order valence-corrected chi connectivity index (χ2v) is 5.72. The minimum atomic E-state index is -0.112. The fourth-order valence-electron chi connectivity index (χ4n) is 2.53. The molecule has 1 aliphatic heterocycles. The van der Waals surface area contributed by atoms with Gasteiger partial charge in [-0.05, 0) is 30.3 Å². The molecule has 0 amide bonds. The van der Waals surface area contributed by atoms with Crippen molar-refractivity contribution >= 4 is 46.1 Å². The van der Waals surface area contributed by atoms with Gasteiger partial charge in [0.2, 0.25) is 11.7 Å². The number of halogens is 1. The number of para-hydroxylation sites is 1. The Bertz CT molecular complexity index is 1000. The van der Waals surface area contributed by atoms with Crippen LogP contribution in [0.1, 0.15) is 12.0 Å². The molecule has 1 N–H and O–H groups in total. The maximum absolute atomic E-state index is 12.2. The Labute approximate surface area is 142 Å². The predicted octanol–water partition coefficient (Wildman–Crippen LogP) is 4.28. The summed E-state index contributed by atoms with van der Waals surface area (Å²) in [6.45, 7) is 0. The summed E-state index contributed by atoms with van der Waals surface area (Å²) in [6, 6.07) is 11.0. The lowest BCUT2D eigenvalue weighted by Gasteiger charge is -2.00. The van der Waals surface area contributed by atoms with Crippen LogP contribution in [0.15, 0.2) is 59.5 Å². The molecule has 1 aromatic carbocycles. The van der Waals surface area contributed by atoms with Crippen LogP contribution in [0.4, 0.5) is 5.69 Å². The predicted molar refractivity (Wildman–Crippen MR) is 93.3 cm³/mol. The fourth-order valence-corrected chi connectivity index (χ4v) is 2.71. The largest absolute Gasteiger partial charge is 0.439 e. The number of aromatic amines is 1. The van der Waals surface area contributed by atoms with Gasteiger partial charge in [-0.3, -0.25) is 4.79 Å². The molecule has 4 rings (SSSR count). The van der Waals surface area contributed by atoms with Crippen LogP contribution < -0.4 is 0 Å². The number of hydrogen-bond acceptors (Lipinski definition) is 4. The Morgan fingerprint density at radius 2 is 2.12 bits per heavy atom. The van der Waals surface area contributed by atoms with Gasteiger partial charge in [-0.1, -0.05) is 23.7 Å². The molecule has 0 unspecified atom stereocenters. The Balaban J connectivity index is 1.66. The first-order chi connectivity index (χ1) is 11.7. The molecule has 2 aromatic heterocycles. The minimum Gasteiger partial charge on any atom is -0.439 e. The second-order valence-electron chi connectivity index (χ2n) is 5.31. The van der Waals surface area contributed by atoms with Crippen LogP contribution >= 0.6 is 11.6 Å². The highest BCUT2D eigenvalue weighted by Crippen LogP contribution is 2.28. The normalized spacial score (nSPS) is 17.8. The lowest BCUT2D eigenvalue weighted by atomic mass is 10.1. The maximum atomic E-state index is 12.2. The summed E-state index contributed by atoms with van der Waals surface area (Å²) in [5, 5.41) is 1.44. The number of fused-ring (bicyclic) bond motifs is 1. The molecule has 0 spiro atoms. The molecule has 1 aliphatic rings. The first-order valence-corrected chi connectivity index (χ1v) is 7.75. The zero-order valence-corrected chi connectivity index (χ0v) is 13.2. The van der Waals surface area contributed by atoms with Crippen molar-refractivity contribution in [3.05, 3.63) is 65.1 Å². The van der Waals surface area contributed by atoms with Gasteiger partial charge in [0, 0.05) is 23.3 Å². The molecule has 118 valence electrons. The lowest BCUT2D eigenvalue weighted by Crippen LogP contribution is -1.92. The van der Waals surface area contributed by atoms with Crippen molar-refractivity contribution < 1.29 is 9.53 Å². The zero-order valence-electron chi connectivity index (χ0n) is 12.5. The number of ketones is 1. The summed E-state index contributed by atoms with van der Waals surface area (Å²) in [4.78, 5) is 23.8. The SMILES string of the molecule is O=C1CC(=Nc2ccccc2Cl)O/C1=C\c1c[nH]c2ncccc12. The summed E-state index contributed by atoms with van der Waals surface area (Å²) in [5.41, 5.74) is 2.19. The van der Waals surface area contributed by atoms with Crippen LogP contribution in [0.25, 0.3) is 17.1 Å². The van der Waals surface area contributed by atoms with Gasteiger partial charge in [0.25, 0.3) is 0 Å². The number of hydrogen-bond donors (Lipinski definition) is 1. The van der Waals surface area contributed by atoms with Crippen LogP contribution in [-0.4, -0.2) is 21.6 Å². The highest BCUT2D eigenvalue weighted by atomic mass is 35.5. The number of allylic oxidation sites excluding steroid dienone is 1. The average molecular weight is 338 g/mol. The maximum Gasteiger partial charge on any atom is 0.207 e. The van der Waals surface area contributed by atoms with Gasteiger partial charge in [-0.15, -0.1) is 0 Å². The summed E-state index contributed by atoms with van der Waals surface area (Å²) in [5.74, 6) is 0.502. The van der Waals surface area contributed by atoms with E-state index in [4.69, 9.17) is 16.3 Å². The van der Waals surface area contributed by atoms with E-state index in [-0.39, 0.29) is 18.0 Å². The smallest absolute Gasteiger partial charge is 0.207 e. The van der Waals surface area contributed by atoms with Gasteiger partial charge >= 0.3 is 0 Å². The number of carbonyl (C=O) groups is 1. The van der Waals surface area contributed by atoms with Crippen molar-refractivity contribution in [2.24, 2.45) is 4.99 Å². The van der Waals surface area contributed by atoms with Gasteiger partial charge in [-0.25, -0.2) is 9.98 Å². The monoisotopic (exact) mass is 337 g/mol. The molecule has 6 heteroatoms. The number of pyridine rings is 1. The van der Waals surface area contributed by atoms with E-state index in [1.54, 1.807) is 30.6 Å². The second kappa shape index (κ2) is 5.94. The van der Waals surface area contributed by atoms with E-state index in [1.807, 2.05) is 24.3 Å². The summed E-state index contributed by atoms with van der Waals surface area (Å²) in [7, 11) is 0. The highest BCUT2D eigenvalue weighted by Gasteiger charge is 2.26. The van der Waals surface area contributed by atoms with E-state index in [0.29, 0.717) is 16.6 Å². The molecule has 0 bridgehead atoms. The van der Waals surface area contributed by atoms with Crippen LogP contribution in [0, 0.1) is 0 Å². The number of H-pyrrole nitrogens is 1. The quantitative estimate of drug-likeness (QED) is 0.710. The molecule has 0 atom stereocenters. The van der Waals surface area contributed by atoms with Gasteiger partial charge in [0.15, 0.2) is 5.76 Å². The Kier molecular flexibility index (Phi) is 3.63. The lowest BCUT2D eigenvalue weighted by molar-refractivity contribution is -0.114. The van der Waals surface area contributed by atoms with Crippen LogP contribution in [0.3, 0.4) is 0 Å².